The maximum Gasteiger partial charge on any atom is 0.573 e. The van der Waals surface area contributed by atoms with Gasteiger partial charge in [0.25, 0.3) is 0 Å². The summed E-state index contributed by atoms with van der Waals surface area (Å²) in [7, 11) is 0. The van der Waals surface area contributed by atoms with Gasteiger partial charge in [-0.05, 0) is 24.1 Å². The Hall–Kier alpha value is -1.52. The number of rotatable bonds is 6. The molecule has 0 aliphatic rings. The smallest absolute Gasteiger partial charge is 0.406 e. The minimum absolute atomic E-state index is 0.0985. The fourth-order valence-corrected chi connectivity index (χ4v) is 1.50. The van der Waals surface area contributed by atoms with Crippen LogP contribution in [0.4, 0.5) is 13.2 Å². The summed E-state index contributed by atoms with van der Waals surface area (Å²) in [5.41, 5.74) is 0.700. The summed E-state index contributed by atoms with van der Waals surface area (Å²) in [6, 6.07) is 5.39. The van der Waals surface area contributed by atoms with Gasteiger partial charge in [0.15, 0.2) is 0 Å². The summed E-state index contributed by atoms with van der Waals surface area (Å²) in [6.45, 7) is 2.00. The van der Waals surface area contributed by atoms with Crippen LogP contribution >= 0.6 is 0 Å². The molecule has 0 aliphatic heterocycles. The number of unbranched alkanes of at least 4 members (excludes halogenated alkanes) is 1. The van der Waals surface area contributed by atoms with E-state index in [4.69, 9.17) is 0 Å². The topological polar surface area (TPSA) is 26.3 Å². The van der Waals surface area contributed by atoms with Crippen molar-refractivity contribution < 1.29 is 22.7 Å². The molecule has 0 unspecified atom stereocenters. The minimum Gasteiger partial charge on any atom is -0.406 e. The highest BCUT2D eigenvalue weighted by molar-refractivity contribution is 5.80. The van der Waals surface area contributed by atoms with E-state index >= 15 is 0 Å². The molecular formula is C13H15F3O2. The molecule has 1 aromatic carbocycles. The van der Waals surface area contributed by atoms with E-state index in [-0.39, 0.29) is 18.0 Å². The molecule has 0 spiro atoms. The van der Waals surface area contributed by atoms with Crippen molar-refractivity contribution >= 4 is 5.78 Å². The average Bonchev–Trinajstić information content (AvgIpc) is 2.27. The first-order chi connectivity index (χ1) is 8.40. The van der Waals surface area contributed by atoms with Gasteiger partial charge in [-0.25, -0.2) is 0 Å². The number of halogens is 3. The van der Waals surface area contributed by atoms with E-state index < -0.39 is 6.36 Å². The Morgan fingerprint density at radius 2 is 1.83 bits per heavy atom. The number of carbonyl (C=O) groups excluding carboxylic acids is 1. The molecule has 0 fully saturated rings. The highest BCUT2D eigenvalue weighted by Gasteiger charge is 2.30. The molecule has 0 amide bonds. The summed E-state index contributed by atoms with van der Waals surface area (Å²) in [5, 5.41) is 0. The van der Waals surface area contributed by atoms with Crippen LogP contribution in [0.15, 0.2) is 24.3 Å². The van der Waals surface area contributed by atoms with Gasteiger partial charge in [0.05, 0.1) is 0 Å². The Bertz CT molecular complexity index is 382. The fourth-order valence-electron chi connectivity index (χ4n) is 1.50. The molecule has 0 heterocycles. The fraction of sp³-hybridized carbons (Fsp3) is 0.462. The number of hydrogen-bond acceptors (Lipinski definition) is 2. The van der Waals surface area contributed by atoms with Gasteiger partial charge in [0, 0.05) is 12.8 Å². The van der Waals surface area contributed by atoms with Crippen LogP contribution in [-0.4, -0.2) is 12.1 Å². The van der Waals surface area contributed by atoms with Gasteiger partial charge in [-0.3, -0.25) is 4.79 Å². The maximum atomic E-state index is 11.9. The average molecular weight is 260 g/mol. The molecular weight excluding hydrogens is 245 g/mol. The summed E-state index contributed by atoms with van der Waals surface area (Å²) in [4.78, 5) is 11.5. The van der Waals surface area contributed by atoms with Crippen LogP contribution in [-0.2, 0) is 11.2 Å². The van der Waals surface area contributed by atoms with Gasteiger partial charge in [-0.2, -0.15) is 0 Å². The Labute approximate surface area is 104 Å². The molecule has 0 bridgehead atoms. The second-order valence-electron chi connectivity index (χ2n) is 4.01. The molecule has 0 atom stereocenters. The number of benzene rings is 1. The highest BCUT2D eigenvalue weighted by Crippen LogP contribution is 2.22. The van der Waals surface area contributed by atoms with Crippen molar-refractivity contribution in [1.82, 2.24) is 0 Å². The predicted molar refractivity (Wildman–Crippen MR) is 61.4 cm³/mol. The van der Waals surface area contributed by atoms with Gasteiger partial charge < -0.3 is 4.74 Å². The van der Waals surface area contributed by atoms with Crippen LogP contribution in [0.3, 0.4) is 0 Å². The molecule has 5 heteroatoms. The Morgan fingerprint density at radius 3 is 2.33 bits per heavy atom. The van der Waals surface area contributed by atoms with Gasteiger partial charge in [0.1, 0.15) is 11.5 Å². The van der Waals surface area contributed by atoms with Crippen LogP contribution in [0.1, 0.15) is 31.7 Å². The lowest BCUT2D eigenvalue weighted by Gasteiger charge is -2.09. The number of ketones is 1. The number of hydrogen-bond donors (Lipinski definition) is 0. The number of alkyl halides is 3. The van der Waals surface area contributed by atoms with Crippen molar-refractivity contribution in [2.75, 3.05) is 0 Å². The molecule has 1 rings (SSSR count). The van der Waals surface area contributed by atoms with E-state index in [1.54, 1.807) is 0 Å². The minimum atomic E-state index is -4.68. The molecule has 18 heavy (non-hydrogen) atoms. The Morgan fingerprint density at radius 1 is 1.22 bits per heavy atom. The first kappa shape index (κ1) is 14.5. The van der Waals surface area contributed by atoms with Crippen molar-refractivity contribution in [1.29, 1.82) is 0 Å². The lowest BCUT2D eigenvalue weighted by molar-refractivity contribution is -0.274. The van der Waals surface area contributed by atoms with E-state index in [9.17, 15) is 18.0 Å². The zero-order chi connectivity index (χ0) is 13.6. The highest BCUT2D eigenvalue weighted by atomic mass is 19.4. The molecule has 1 aromatic rings. The molecule has 0 saturated heterocycles. The molecule has 0 N–H and O–H groups in total. The SMILES string of the molecule is CCCCC(=O)Cc1ccc(OC(F)(F)F)cc1. The molecule has 0 radical (unpaired) electrons. The van der Waals surface area contributed by atoms with E-state index in [0.29, 0.717) is 12.0 Å². The number of carbonyl (C=O) groups is 1. The zero-order valence-electron chi connectivity index (χ0n) is 10.1. The second kappa shape index (κ2) is 6.42. The summed E-state index contributed by atoms with van der Waals surface area (Å²) in [5.74, 6) is -0.173. The van der Waals surface area contributed by atoms with Crippen LogP contribution in [0.5, 0.6) is 5.75 Å². The molecule has 2 nitrogen and oxygen atoms in total. The van der Waals surface area contributed by atoms with Gasteiger partial charge in [-0.15, -0.1) is 13.2 Å². The van der Waals surface area contributed by atoms with E-state index in [1.807, 2.05) is 6.92 Å². The van der Waals surface area contributed by atoms with E-state index in [0.717, 1.165) is 12.8 Å². The van der Waals surface area contributed by atoms with Crippen LogP contribution in [0.2, 0.25) is 0 Å². The zero-order valence-corrected chi connectivity index (χ0v) is 10.1. The van der Waals surface area contributed by atoms with Gasteiger partial charge >= 0.3 is 6.36 Å². The van der Waals surface area contributed by atoms with Crippen molar-refractivity contribution in [3.63, 3.8) is 0 Å². The lowest BCUT2D eigenvalue weighted by Crippen LogP contribution is -2.17. The third kappa shape index (κ3) is 5.70. The summed E-state index contributed by atoms with van der Waals surface area (Å²) in [6.07, 6.45) is -2.12. The third-order valence-corrected chi connectivity index (χ3v) is 2.37. The summed E-state index contributed by atoms with van der Waals surface area (Å²) >= 11 is 0. The van der Waals surface area contributed by atoms with Crippen molar-refractivity contribution in [2.24, 2.45) is 0 Å². The lowest BCUT2D eigenvalue weighted by atomic mass is 10.1. The van der Waals surface area contributed by atoms with Crippen LogP contribution in [0.25, 0.3) is 0 Å². The van der Waals surface area contributed by atoms with Crippen LogP contribution in [0, 0.1) is 0 Å². The molecule has 0 aliphatic carbocycles. The largest absolute Gasteiger partial charge is 0.573 e. The normalized spacial score (nSPS) is 11.3. The summed E-state index contributed by atoms with van der Waals surface area (Å²) < 4.78 is 39.5. The Kier molecular flexibility index (Phi) is 5.19. The number of Topliss-reactive ketones (excluding diaryl/α,β-unsaturated/α-hetero) is 1. The van der Waals surface area contributed by atoms with Crippen molar-refractivity contribution in [3.05, 3.63) is 29.8 Å². The first-order valence-electron chi connectivity index (χ1n) is 5.77. The van der Waals surface area contributed by atoms with Gasteiger partial charge in [-0.1, -0.05) is 25.5 Å². The monoisotopic (exact) mass is 260 g/mol. The molecule has 100 valence electrons. The molecule has 0 aromatic heterocycles. The Balaban J connectivity index is 2.52. The van der Waals surface area contributed by atoms with Crippen molar-refractivity contribution in [2.45, 2.75) is 39.0 Å². The predicted octanol–water partition coefficient (Wildman–Crippen LogP) is 3.89. The second-order valence-corrected chi connectivity index (χ2v) is 4.01. The van der Waals surface area contributed by atoms with E-state index in [1.165, 1.54) is 24.3 Å². The standard InChI is InChI=1S/C13H15F3O2/c1-2-3-4-11(17)9-10-5-7-12(8-6-10)18-13(14,15)16/h5-8H,2-4,9H2,1H3. The number of ether oxygens (including phenoxy) is 1. The van der Waals surface area contributed by atoms with Crippen LogP contribution < -0.4 is 4.74 Å². The maximum absolute atomic E-state index is 11.9. The van der Waals surface area contributed by atoms with Crippen molar-refractivity contribution in [3.8, 4) is 5.75 Å². The quantitative estimate of drug-likeness (QED) is 0.775. The molecule has 0 saturated carbocycles. The van der Waals surface area contributed by atoms with E-state index in [2.05, 4.69) is 4.74 Å². The third-order valence-electron chi connectivity index (χ3n) is 2.37. The van der Waals surface area contributed by atoms with Gasteiger partial charge in [0.2, 0.25) is 0 Å². The first-order valence-corrected chi connectivity index (χ1v) is 5.77.